The van der Waals surface area contributed by atoms with Crippen LogP contribution in [-0.4, -0.2) is 30.0 Å². The SMILES string of the molecule is C/C=C/C(=O)N1CCC(OCc2ccc(C(F)(F)F)cc2)C1. The van der Waals surface area contributed by atoms with Crippen molar-refractivity contribution in [1.82, 2.24) is 4.90 Å². The zero-order chi connectivity index (χ0) is 16.2. The molecule has 1 amide bonds. The van der Waals surface area contributed by atoms with Crippen molar-refractivity contribution in [3.63, 3.8) is 0 Å². The van der Waals surface area contributed by atoms with Gasteiger partial charge in [-0.3, -0.25) is 4.79 Å². The molecule has 1 heterocycles. The summed E-state index contributed by atoms with van der Waals surface area (Å²) in [5.74, 6) is -0.0388. The van der Waals surface area contributed by atoms with Crippen molar-refractivity contribution in [2.24, 2.45) is 0 Å². The first-order chi connectivity index (χ1) is 10.4. The van der Waals surface area contributed by atoms with E-state index in [1.54, 1.807) is 17.9 Å². The molecule has 0 N–H and O–H groups in total. The maximum Gasteiger partial charge on any atom is 0.416 e. The predicted octanol–water partition coefficient (Wildman–Crippen LogP) is 3.40. The summed E-state index contributed by atoms with van der Waals surface area (Å²) in [7, 11) is 0. The van der Waals surface area contributed by atoms with Crippen molar-refractivity contribution in [2.45, 2.75) is 32.2 Å². The second-order valence-electron chi connectivity index (χ2n) is 5.20. The Morgan fingerprint density at radius 1 is 1.36 bits per heavy atom. The Morgan fingerprint density at radius 3 is 2.64 bits per heavy atom. The molecule has 2 rings (SSSR count). The number of ether oxygens (including phenoxy) is 1. The topological polar surface area (TPSA) is 29.5 Å². The summed E-state index contributed by atoms with van der Waals surface area (Å²) in [6, 6.07) is 4.94. The lowest BCUT2D eigenvalue weighted by Crippen LogP contribution is -2.28. The van der Waals surface area contributed by atoms with Crippen molar-refractivity contribution >= 4 is 5.91 Å². The van der Waals surface area contributed by atoms with Gasteiger partial charge in [0.25, 0.3) is 0 Å². The Hall–Kier alpha value is -1.82. The van der Waals surface area contributed by atoms with E-state index in [4.69, 9.17) is 4.74 Å². The average molecular weight is 313 g/mol. The summed E-state index contributed by atoms with van der Waals surface area (Å²) < 4.78 is 43.0. The molecule has 1 aromatic rings. The molecule has 120 valence electrons. The molecule has 1 atom stereocenters. The normalized spacial score (nSPS) is 19.1. The van der Waals surface area contributed by atoms with Crippen LogP contribution in [0.1, 0.15) is 24.5 Å². The molecular weight excluding hydrogens is 295 g/mol. The Labute approximate surface area is 127 Å². The van der Waals surface area contributed by atoms with E-state index in [1.165, 1.54) is 18.2 Å². The van der Waals surface area contributed by atoms with Gasteiger partial charge in [-0.15, -0.1) is 0 Å². The fraction of sp³-hybridized carbons (Fsp3) is 0.438. The number of halogens is 3. The fourth-order valence-corrected chi connectivity index (χ4v) is 2.32. The van der Waals surface area contributed by atoms with Crippen LogP contribution in [-0.2, 0) is 22.3 Å². The van der Waals surface area contributed by atoms with Crippen molar-refractivity contribution in [2.75, 3.05) is 13.1 Å². The maximum atomic E-state index is 12.5. The molecule has 3 nitrogen and oxygen atoms in total. The van der Waals surface area contributed by atoms with E-state index in [2.05, 4.69) is 0 Å². The number of carbonyl (C=O) groups excluding carboxylic acids is 1. The molecule has 1 fully saturated rings. The molecule has 1 aromatic carbocycles. The van der Waals surface area contributed by atoms with Gasteiger partial charge >= 0.3 is 6.18 Å². The highest BCUT2D eigenvalue weighted by atomic mass is 19.4. The van der Waals surface area contributed by atoms with E-state index in [-0.39, 0.29) is 18.6 Å². The molecule has 22 heavy (non-hydrogen) atoms. The van der Waals surface area contributed by atoms with E-state index in [9.17, 15) is 18.0 Å². The van der Waals surface area contributed by atoms with Gasteiger partial charge in [-0.1, -0.05) is 18.2 Å². The Kier molecular flexibility index (Phi) is 5.24. The van der Waals surface area contributed by atoms with Crippen LogP contribution in [0.15, 0.2) is 36.4 Å². The van der Waals surface area contributed by atoms with Gasteiger partial charge in [0.05, 0.1) is 18.3 Å². The highest BCUT2D eigenvalue weighted by Crippen LogP contribution is 2.29. The quantitative estimate of drug-likeness (QED) is 0.797. The van der Waals surface area contributed by atoms with E-state index in [1.807, 2.05) is 0 Å². The number of hydrogen-bond acceptors (Lipinski definition) is 2. The number of benzene rings is 1. The summed E-state index contributed by atoms with van der Waals surface area (Å²) in [5.41, 5.74) is 0.0199. The average Bonchev–Trinajstić information content (AvgIpc) is 2.94. The molecule has 1 aliphatic heterocycles. The lowest BCUT2D eigenvalue weighted by molar-refractivity contribution is -0.137. The third-order valence-corrected chi connectivity index (χ3v) is 3.53. The minimum absolute atomic E-state index is 0.0388. The number of allylic oxidation sites excluding steroid dienone is 1. The number of amides is 1. The van der Waals surface area contributed by atoms with Crippen LogP contribution in [0.3, 0.4) is 0 Å². The summed E-state index contributed by atoms with van der Waals surface area (Å²) in [6.45, 7) is 3.19. The third-order valence-electron chi connectivity index (χ3n) is 3.53. The number of likely N-dealkylation sites (tertiary alicyclic amines) is 1. The number of rotatable bonds is 4. The third kappa shape index (κ3) is 4.34. The van der Waals surface area contributed by atoms with Gasteiger partial charge in [0, 0.05) is 13.1 Å². The van der Waals surface area contributed by atoms with Gasteiger partial charge in [-0.05, 0) is 37.1 Å². The first-order valence-corrected chi connectivity index (χ1v) is 7.09. The van der Waals surface area contributed by atoms with Gasteiger partial charge < -0.3 is 9.64 Å². The van der Waals surface area contributed by atoms with Crippen LogP contribution in [0.25, 0.3) is 0 Å². The molecule has 0 aliphatic carbocycles. The summed E-state index contributed by atoms with van der Waals surface area (Å²) in [5, 5.41) is 0. The van der Waals surface area contributed by atoms with Crippen LogP contribution in [0, 0.1) is 0 Å². The monoisotopic (exact) mass is 313 g/mol. The van der Waals surface area contributed by atoms with Crippen molar-refractivity contribution < 1.29 is 22.7 Å². The standard InChI is InChI=1S/C16H18F3NO2/c1-2-3-15(21)20-9-8-14(10-20)22-11-12-4-6-13(7-5-12)16(17,18)19/h2-7,14H,8-11H2,1H3/b3-2+. The summed E-state index contributed by atoms with van der Waals surface area (Å²) >= 11 is 0. The van der Waals surface area contributed by atoms with Crippen LogP contribution < -0.4 is 0 Å². The van der Waals surface area contributed by atoms with E-state index >= 15 is 0 Å². The van der Waals surface area contributed by atoms with Crippen molar-refractivity contribution in [1.29, 1.82) is 0 Å². The lowest BCUT2D eigenvalue weighted by atomic mass is 10.1. The largest absolute Gasteiger partial charge is 0.416 e. The molecule has 1 saturated heterocycles. The van der Waals surface area contributed by atoms with Crippen LogP contribution in [0.5, 0.6) is 0 Å². The van der Waals surface area contributed by atoms with Crippen molar-refractivity contribution in [3.05, 3.63) is 47.5 Å². The van der Waals surface area contributed by atoms with Crippen LogP contribution in [0.2, 0.25) is 0 Å². The predicted molar refractivity (Wildman–Crippen MR) is 76.0 cm³/mol. The van der Waals surface area contributed by atoms with Gasteiger partial charge in [0.15, 0.2) is 0 Å². The van der Waals surface area contributed by atoms with E-state index < -0.39 is 11.7 Å². The zero-order valence-electron chi connectivity index (χ0n) is 12.3. The molecule has 0 bridgehead atoms. The summed E-state index contributed by atoms with van der Waals surface area (Å²) in [4.78, 5) is 13.4. The number of nitrogens with zero attached hydrogens (tertiary/aromatic N) is 1. The van der Waals surface area contributed by atoms with E-state index in [0.717, 1.165) is 18.6 Å². The minimum Gasteiger partial charge on any atom is -0.372 e. The molecule has 0 aromatic heterocycles. The molecule has 0 saturated carbocycles. The van der Waals surface area contributed by atoms with Gasteiger partial charge in [-0.25, -0.2) is 0 Å². The second-order valence-corrected chi connectivity index (χ2v) is 5.20. The number of alkyl halides is 3. The molecule has 0 radical (unpaired) electrons. The molecule has 6 heteroatoms. The van der Waals surface area contributed by atoms with Crippen LogP contribution >= 0.6 is 0 Å². The summed E-state index contributed by atoms with van der Waals surface area (Å²) in [6.07, 6.45) is -0.448. The smallest absolute Gasteiger partial charge is 0.372 e. The van der Waals surface area contributed by atoms with Gasteiger partial charge in [0.1, 0.15) is 0 Å². The molecule has 1 aliphatic rings. The molecule has 1 unspecified atom stereocenters. The number of hydrogen-bond donors (Lipinski definition) is 0. The Balaban J connectivity index is 1.83. The molecular formula is C16H18F3NO2. The first-order valence-electron chi connectivity index (χ1n) is 7.09. The zero-order valence-corrected chi connectivity index (χ0v) is 12.3. The van der Waals surface area contributed by atoms with Crippen LogP contribution in [0.4, 0.5) is 13.2 Å². The van der Waals surface area contributed by atoms with E-state index in [0.29, 0.717) is 18.7 Å². The highest BCUT2D eigenvalue weighted by molar-refractivity contribution is 5.87. The first kappa shape index (κ1) is 16.5. The Bertz CT molecular complexity index is 537. The van der Waals surface area contributed by atoms with Gasteiger partial charge in [0.2, 0.25) is 5.91 Å². The number of carbonyl (C=O) groups is 1. The fourth-order valence-electron chi connectivity index (χ4n) is 2.32. The second kappa shape index (κ2) is 6.96. The van der Waals surface area contributed by atoms with Crippen molar-refractivity contribution in [3.8, 4) is 0 Å². The minimum atomic E-state index is -4.32. The molecule has 0 spiro atoms. The van der Waals surface area contributed by atoms with Gasteiger partial charge in [-0.2, -0.15) is 13.2 Å². The maximum absolute atomic E-state index is 12.5. The Morgan fingerprint density at radius 2 is 2.05 bits per heavy atom. The highest BCUT2D eigenvalue weighted by Gasteiger charge is 2.30. The lowest BCUT2D eigenvalue weighted by Gasteiger charge is -2.15.